The van der Waals surface area contributed by atoms with Gasteiger partial charge in [-0.3, -0.25) is 0 Å². The Morgan fingerprint density at radius 2 is 2.15 bits per heavy atom. The standard InChI is InChI=1S/C13H15BrN2O4/c1-13(20)4-5-16(7-13)12(19)15-8-2-3-10(14)9(6-8)11(17)18/h2-3,6,20H,4-5,7H2,1H3,(H,15,19)(H,17,18). The monoisotopic (exact) mass is 342 g/mol. The SMILES string of the molecule is CC1(O)CCN(C(=O)Nc2ccc(Br)c(C(=O)O)c2)C1. The molecule has 2 amide bonds. The second kappa shape index (κ2) is 5.41. The average Bonchev–Trinajstić information content (AvgIpc) is 2.72. The number of carboxylic acids is 1. The number of likely N-dealkylation sites (tertiary alicyclic amines) is 1. The van der Waals surface area contributed by atoms with E-state index < -0.39 is 11.6 Å². The quantitative estimate of drug-likeness (QED) is 0.767. The molecule has 0 saturated carbocycles. The molecule has 1 fully saturated rings. The summed E-state index contributed by atoms with van der Waals surface area (Å²) in [7, 11) is 0. The Labute approximate surface area is 124 Å². The number of anilines is 1. The van der Waals surface area contributed by atoms with Gasteiger partial charge in [-0.1, -0.05) is 0 Å². The lowest BCUT2D eigenvalue weighted by atomic mass is 10.1. The molecular weight excluding hydrogens is 328 g/mol. The van der Waals surface area contributed by atoms with Crippen LogP contribution in [-0.2, 0) is 0 Å². The molecule has 1 saturated heterocycles. The van der Waals surface area contributed by atoms with Crippen molar-refractivity contribution in [2.24, 2.45) is 0 Å². The van der Waals surface area contributed by atoms with E-state index in [1.165, 1.54) is 11.0 Å². The van der Waals surface area contributed by atoms with Crippen molar-refractivity contribution in [1.82, 2.24) is 4.90 Å². The summed E-state index contributed by atoms with van der Waals surface area (Å²) in [4.78, 5) is 24.5. The highest BCUT2D eigenvalue weighted by Gasteiger charge is 2.34. The van der Waals surface area contributed by atoms with Gasteiger partial charge in [0.15, 0.2) is 0 Å². The number of carbonyl (C=O) groups excluding carboxylic acids is 1. The number of carboxylic acid groups (broad SMARTS) is 1. The Hall–Kier alpha value is -1.60. The number of aromatic carboxylic acids is 1. The Bertz CT molecular complexity index is 559. The molecule has 1 aliphatic heterocycles. The summed E-state index contributed by atoms with van der Waals surface area (Å²) in [6.45, 7) is 2.42. The maximum Gasteiger partial charge on any atom is 0.336 e. The van der Waals surface area contributed by atoms with E-state index >= 15 is 0 Å². The highest BCUT2D eigenvalue weighted by Crippen LogP contribution is 2.23. The third kappa shape index (κ3) is 3.29. The molecule has 0 radical (unpaired) electrons. The Morgan fingerprint density at radius 1 is 1.45 bits per heavy atom. The van der Waals surface area contributed by atoms with Crippen LogP contribution in [0, 0.1) is 0 Å². The molecule has 1 unspecified atom stereocenters. The first-order valence-corrected chi connectivity index (χ1v) is 6.89. The number of urea groups is 1. The Balaban J connectivity index is 2.09. The van der Waals surface area contributed by atoms with Gasteiger partial charge in [0.05, 0.1) is 17.7 Å². The summed E-state index contributed by atoms with van der Waals surface area (Å²) in [5.74, 6) is -1.07. The molecule has 108 valence electrons. The van der Waals surface area contributed by atoms with E-state index in [4.69, 9.17) is 5.11 Å². The molecule has 6 nitrogen and oxygen atoms in total. The van der Waals surface area contributed by atoms with E-state index in [1.54, 1.807) is 19.1 Å². The number of rotatable bonds is 2. The van der Waals surface area contributed by atoms with Crippen molar-refractivity contribution >= 4 is 33.6 Å². The number of β-amino-alcohol motifs (C(OH)–C–C–N with tert-alkyl or cyclic N) is 1. The van der Waals surface area contributed by atoms with E-state index in [0.717, 1.165) is 0 Å². The van der Waals surface area contributed by atoms with Crippen LogP contribution in [0.3, 0.4) is 0 Å². The molecule has 0 bridgehead atoms. The minimum atomic E-state index is -1.07. The normalized spacial score (nSPS) is 21.9. The summed E-state index contributed by atoms with van der Waals surface area (Å²) in [6, 6.07) is 4.22. The molecule has 2 rings (SSSR count). The van der Waals surface area contributed by atoms with E-state index in [2.05, 4.69) is 21.2 Å². The van der Waals surface area contributed by atoms with Crippen LogP contribution < -0.4 is 5.32 Å². The van der Waals surface area contributed by atoms with Crippen LogP contribution >= 0.6 is 15.9 Å². The lowest BCUT2D eigenvalue weighted by Gasteiger charge is -2.19. The first-order valence-electron chi connectivity index (χ1n) is 6.10. The molecule has 1 atom stereocenters. The molecule has 20 heavy (non-hydrogen) atoms. The summed E-state index contributed by atoms with van der Waals surface area (Å²) in [5.41, 5.74) is -0.373. The summed E-state index contributed by atoms with van der Waals surface area (Å²) in [6.07, 6.45) is 0.529. The molecule has 7 heteroatoms. The lowest BCUT2D eigenvalue weighted by molar-refractivity contribution is 0.0695. The largest absolute Gasteiger partial charge is 0.478 e. The Kier molecular flexibility index (Phi) is 4.01. The molecule has 1 aromatic carbocycles. The Morgan fingerprint density at radius 3 is 2.70 bits per heavy atom. The summed E-state index contributed by atoms with van der Waals surface area (Å²) in [5, 5.41) is 21.5. The van der Waals surface area contributed by atoms with E-state index in [9.17, 15) is 14.7 Å². The number of amides is 2. The first kappa shape index (κ1) is 14.8. The number of aliphatic hydroxyl groups is 1. The second-order valence-corrected chi connectivity index (χ2v) is 5.95. The fourth-order valence-corrected chi connectivity index (χ4v) is 2.50. The molecule has 0 aromatic heterocycles. The third-order valence-electron chi connectivity index (χ3n) is 3.19. The van der Waals surface area contributed by atoms with Crippen LogP contribution in [-0.4, -0.2) is 45.8 Å². The number of nitrogens with zero attached hydrogens (tertiary/aromatic N) is 1. The van der Waals surface area contributed by atoms with Gasteiger partial charge < -0.3 is 20.4 Å². The first-order chi connectivity index (χ1) is 9.28. The number of nitrogens with one attached hydrogen (secondary N) is 1. The zero-order valence-electron chi connectivity index (χ0n) is 10.9. The van der Waals surface area contributed by atoms with Crippen molar-refractivity contribution in [1.29, 1.82) is 0 Å². The zero-order chi connectivity index (χ0) is 14.9. The summed E-state index contributed by atoms with van der Waals surface area (Å²) < 4.78 is 0.451. The van der Waals surface area contributed by atoms with Crippen LogP contribution in [0.1, 0.15) is 23.7 Å². The number of hydrogen-bond donors (Lipinski definition) is 3. The van der Waals surface area contributed by atoms with Crippen LogP contribution in [0.2, 0.25) is 0 Å². The molecule has 0 aliphatic carbocycles. The predicted octanol–water partition coefficient (Wildman–Crippen LogP) is 2.14. The maximum atomic E-state index is 12.0. The van der Waals surface area contributed by atoms with Gasteiger partial charge in [0.2, 0.25) is 0 Å². The topological polar surface area (TPSA) is 89.9 Å². The minimum Gasteiger partial charge on any atom is -0.478 e. The fourth-order valence-electron chi connectivity index (χ4n) is 2.09. The minimum absolute atomic E-state index is 0.0798. The third-order valence-corrected chi connectivity index (χ3v) is 3.88. The highest BCUT2D eigenvalue weighted by atomic mass is 79.9. The van der Waals surface area contributed by atoms with Gasteiger partial charge in [0, 0.05) is 16.7 Å². The zero-order valence-corrected chi connectivity index (χ0v) is 12.5. The number of benzene rings is 1. The molecule has 1 heterocycles. The van der Waals surface area contributed by atoms with Crippen molar-refractivity contribution in [3.05, 3.63) is 28.2 Å². The van der Waals surface area contributed by atoms with Crippen molar-refractivity contribution < 1.29 is 19.8 Å². The van der Waals surface area contributed by atoms with E-state index in [0.29, 0.717) is 23.1 Å². The van der Waals surface area contributed by atoms with E-state index in [-0.39, 0.29) is 18.1 Å². The van der Waals surface area contributed by atoms with E-state index in [1.807, 2.05) is 0 Å². The smallest absolute Gasteiger partial charge is 0.336 e. The van der Waals surface area contributed by atoms with Gasteiger partial charge in [0.25, 0.3) is 0 Å². The van der Waals surface area contributed by atoms with Gasteiger partial charge >= 0.3 is 12.0 Å². The highest BCUT2D eigenvalue weighted by molar-refractivity contribution is 9.10. The number of halogens is 1. The number of hydrogen-bond acceptors (Lipinski definition) is 3. The van der Waals surface area contributed by atoms with Crippen LogP contribution in [0.25, 0.3) is 0 Å². The van der Waals surface area contributed by atoms with Crippen LogP contribution in [0.4, 0.5) is 10.5 Å². The van der Waals surface area contributed by atoms with Gasteiger partial charge in [-0.25, -0.2) is 9.59 Å². The van der Waals surface area contributed by atoms with Gasteiger partial charge in [-0.2, -0.15) is 0 Å². The average molecular weight is 343 g/mol. The van der Waals surface area contributed by atoms with Gasteiger partial charge in [-0.15, -0.1) is 0 Å². The summed E-state index contributed by atoms with van der Waals surface area (Å²) >= 11 is 3.14. The van der Waals surface area contributed by atoms with Crippen LogP contribution in [0.15, 0.2) is 22.7 Å². The van der Waals surface area contributed by atoms with Crippen molar-refractivity contribution in [3.8, 4) is 0 Å². The van der Waals surface area contributed by atoms with Crippen molar-refractivity contribution in [2.45, 2.75) is 18.9 Å². The van der Waals surface area contributed by atoms with Gasteiger partial charge in [-0.05, 0) is 47.5 Å². The molecular formula is C13H15BrN2O4. The lowest BCUT2D eigenvalue weighted by Crippen LogP contribution is -2.36. The molecule has 0 spiro atoms. The van der Waals surface area contributed by atoms with Gasteiger partial charge in [0.1, 0.15) is 0 Å². The second-order valence-electron chi connectivity index (χ2n) is 5.10. The fraction of sp³-hybridized carbons (Fsp3) is 0.385. The molecule has 3 N–H and O–H groups in total. The van der Waals surface area contributed by atoms with Crippen molar-refractivity contribution in [3.63, 3.8) is 0 Å². The van der Waals surface area contributed by atoms with Crippen molar-refractivity contribution in [2.75, 3.05) is 18.4 Å². The number of carbonyl (C=O) groups is 2. The molecule has 1 aliphatic rings. The predicted molar refractivity (Wildman–Crippen MR) is 76.9 cm³/mol. The molecule has 1 aromatic rings. The maximum absolute atomic E-state index is 12.0. The van der Waals surface area contributed by atoms with Crippen LogP contribution in [0.5, 0.6) is 0 Å².